The van der Waals surface area contributed by atoms with E-state index in [1.165, 1.54) is 18.5 Å². The largest absolute Gasteiger partial charge is 0.494 e. The molecule has 1 fully saturated rings. The molecule has 0 aliphatic carbocycles. The van der Waals surface area contributed by atoms with E-state index in [0.29, 0.717) is 30.3 Å². The summed E-state index contributed by atoms with van der Waals surface area (Å²) in [5.74, 6) is 1.65. The van der Waals surface area contributed by atoms with Crippen LogP contribution in [0.5, 0.6) is 11.5 Å². The van der Waals surface area contributed by atoms with Crippen molar-refractivity contribution in [2.24, 2.45) is 5.92 Å². The SMILES string of the molecule is CCOc1cc(OCC)cc(C(=O)NC(=S)Nc2ccc(N3CCC(C)CC3)cc2)c1. The Kier molecular flexibility index (Phi) is 8.12. The first-order chi connectivity index (χ1) is 15.0. The lowest BCUT2D eigenvalue weighted by molar-refractivity contribution is 0.0976. The van der Waals surface area contributed by atoms with E-state index >= 15 is 0 Å². The van der Waals surface area contributed by atoms with Crippen LogP contribution in [0.1, 0.15) is 44.0 Å². The van der Waals surface area contributed by atoms with Crippen LogP contribution < -0.4 is 25.0 Å². The van der Waals surface area contributed by atoms with Crippen molar-refractivity contribution in [1.82, 2.24) is 5.32 Å². The number of benzene rings is 2. The molecule has 2 N–H and O–H groups in total. The molecule has 0 radical (unpaired) electrons. The van der Waals surface area contributed by atoms with E-state index in [1.54, 1.807) is 18.2 Å². The normalized spacial score (nSPS) is 14.1. The molecule has 0 bridgehead atoms. The molecule has 0 saturated carbocycles. The summed E-state index contributed by atoms with van der Waals surface area (Å²) in [6.07, 6.45) is 2.46. The number of nitrogens with zero attached hydrogens (tertiary/aromatic N) is 1. The Morgan fingerprint density at radius 1 is 1.03 bits per heavy atom. The van der Waals surface area contributed by atoms with E-state index in [9.17, 15) is 4.79 Å². The molecular weight excluding hydrogens is 410 g/mol. The minimum atomic E-state index is -0.320. The molecule has 3 rings (SSSR count). The van der Waals surface area contributed by atoms with Gasteiger partial charge < -0.3 is 19.7 Å². The predicted molar refractivity (Wildman–Crippen MR) is 130 cm³/mol. The van der Waals surface area contributed by atoms with Crippen LogP contribution in [0, 0.1) is 5.92 Å². The molecule has 0 spiro atoms. The molecule has 1 saturated heterocycles. The Morgan fingerprint density at radius 3 is 2.16 bits per heavy atom. The average molecular weight is 442 g/mol. The Balaban J connectivity index is 1.59. The van der Waals surface area contributed by atoms with Crippen LogP contribution in [-0.2, 0) is 0 Å². The van der Waals surface area contributed by atoms with Crippen molar-refractivity contribution in [1.29, 1.82) is 0 Å². The number of carbonyl (C=O) groups is 1. The highest BCUT2D eigenvalue weighted by Crippen LogP contribution is 2.25. The summed E-state index contributed by atoms with van der Waals surface area (Å²) in [5, 5.41) is 6.04. The van der Waals surface area contributed by atoms with Gasteiger partial charge in [-0.15, -0.1) is 0 Å². The maximum absolute atomic E-state index is 12.7. The highest BCUT2D eigenvalue weighted by Gasteiger charge is 2.16. The van der Waals surface area contributed by atoms with Crippen LogP contribution >= 0.6 is 12.2 Å². The number of carbonyl (C=O) groups excluding carboxylic acids is 1. The molecule has 0 atom stereocenters. The van der Waals surface area contributed by atoms with Crippen molar-refractivity contribution in [3.8, 4) is 11.5 Å². The fourth-order valence-electron chi connectivity index (χ4n) is 3.56. The summed E-state index contributed by atoms with van der Waals surface area (Å²) in [5.41, 5.74) is 2.47. The van der Waals surface area contributed by atoms with Gasteiger partial charge >= 0.3 is 0 Å². The Labute approximate surface area is 189 Å². The standard InChI is InChI=1S/C24H31N3O3S/c1-4-29-21-14-18(15-22(16-21)30-5-2)23(28)26-24(31)25-19-6-8-20(9-7-19)27-12-10-17(3)11-13-27/h6-9,14-17H,4-5,10-13H2,1-3H3,(H2,25,26,28,31). The van der Waals surface area contributed by atoms with E-state index in [0.717, 1.165) is 24.7 Å². The van der Waals surface area contributed by atoms with Crippen molar-refractivity contribution in [3.63, 3.8) is 0 Å². The van der Waals surface area contributed by atoms with Crippen LogP contribution in [0.2, 0.25) is 0 Å². The molecular formula is C24H31N3O3S. The van der Waals surface area contributed by atoms with E-state index in [-0.39, 0.29) is 11.0 Å². The lowest BCUT2D eigenvalue weighted by atomic mass is 9.99. The lowest BCUT2D eigenvalue weighted by Crippen LogP contribution is -2.34. The number of amides is 1. The third-order valence-corrected chi connectivity index (χ3v) is 5.47. The number of thiocarbonyl (C=S) groups is 1. The smallest absolute Gasteiger partial charge is 0.257 e. The molecule has 1 aliphatic rings. The van der Waals surface area contributed by atoms with Gasteiger partial charge in [-0.05, 0) is 81.2 Å². The minimum Gasteiger partial charge on any atom is -0.494 e. The molecule has 6 nitrogen and oxygen atoms in total. The fraction of sp³-hybridized carbons (Fsp3) is 0.417. The molecule has 2 aromatic carbocycles. The number of rotatable bonds is 7. The van der Waals surface area contributed by atoms with Crippen molar-refractivity contribution in [2.75, 3.05) is 36.5 Å². The van der Waals surface area contributed by atoms with Gasteiger partial charge in [0.2, 0.25) is 0 Å². The number of ether oxygens (including phenoxy) is 2. The number of anilines is 2. The van der Waals surface area contributed by atoms with E-state index in [2.05, 4.69) is 34.6 Å². The molecule has 0 aromatic heterocycles. The van der Waals surface area contributed by atoms with E-state index in [4.69, 9.17) is 21.7 Å². The molecule has 0 unspecified atom stereocenters. The fourth-order valence-corrected chi connectivity index (χ4v) is 3.77. The molecule has 31 heavy (non-hydrogen) atoms. The molecule has 1 heterocycles. The minimum absolute atomic E-state index is 0.240. The van der Waals surface area contributed by atoms with Gasteiger partial charge in [0.15, 0.2) is 5.11 Å². The lowest BCUT2D eigenvalue weighted by Gasteiger charge is -2.32. The van der Waals surface area contributed by atoms with Gasteiger partial charge in [0.1, 0.15) is 11.5 Å². The third-order valence-electron chi connectivity index (χ3n) is 5.27. The molecule has 1 aliphatic heterocycles. The van der Waals surface area contributed by atoms with Crippen molar-refractivity contribution in [3.05, 3.63) is 48.0 Å². The summed E-state index contributed by atoms with van der Waals surface area (Å²) < 4.78 is 11.1. The van der Waals surface area contributed by atoms with Gasteiger partial charge in [0, 0.05) is 36.1 Å². The van der Waals surface area contributed by atoms with Crippen LogP contribution in [0.3, 0.4) is 0 Å². The third kappa shape index (κ3) is 6.59. The predicted octanol–water partition coefficient (Wildman–Crippen LogP) is 4.85. The van der Waals surface area contributed by atoms with Crippen molar-refractivity contribution in [2.45, 2.75) is 33.6 Å². The Hall–Kier alpha value is -2.80. The number of hydrogen-bond donors (Lipinski definition) is 2. The monoisotopic (exact) mass is 441 g/mol. The van der Waals surface area contributed by atoms with Gasteiger partial charge in [0.05, 0.1) is 13.2 Å². The quantitative estimate of drug-likeness (QED) is 0.599. The summed E-state index contributed by atoms with van der Waals surface area (Å²) in [7, 11) is 0. The van der Waals surface area contributed by atoms with Gasteiger partial charge in [-0.1, -0.05) is 6.92 Å². The second-order valence-electron chi connectivity index (χ2n) is 7.68. The second kappa shape index (κ2) is 11.0. The van der Waals surface area contributed by atoms with Crippen molar-refractivity contribution >= 4 is 34.6 Å². The summed E-state index contributed by atoms with van der Waals surface area (Å²) in [6, 6.07) is 13.3. The summed E-state index contributed by atoms with van der Waals surface area (Å²) in [6.45, 7) is 9.28. The first kappa shape index (κ1) is 22.9. The van der Waals surface area contributed by atoms with E-state index in [1.807, 2.05) is 26.0 Å². The number of hydrogen-bond acceptors (Lipinski definition) is 5. The van der Waals surface area contributed by atoms with Crippen LogP contribution in [0.15, 0.2) is 42.5 Å². The number of nitrogens with one attached hydrogen (secondary N) is 2. The van der Waals surface area contributed by atoms with Gasteiger partial charge in [-0.2, -0.15) is 0 Å². The van der Waals surface area contributed by atoms with Crippen LogP contribution in [-0.4, -0.2) is 37.3 Å². The van der Waals surface area contributed by atoms with Crippen LogP contribution in [0.25, 0.3) is 0 Å². The van der Waals surface area contributed by atoms with Crippen LogP contribution in [0.4, 0.5) is 11.4 Å². The Morgan fingerprint density at radius 2 is 1.61 bits per heavy atom. The van der Waals surface area contributed by atoms with Gasteiger partial charge in [0.25, 0.3) is 5.91 Å². The zero-order valence-electron chi connectivity index (χ0n) is 18.4. The topological polar surface area (TPSA) is 62.8 Å². The first-order valence-electron chi connectivity index (χ1n) is 10.9. The molecule has 166 valence electrons. The zero-order valence-corrected chi connectivity index (χ0v) is 19.3. The van der Waals surface area contributed by atoms with Crippen molar-refractivity contribution < 1.29 is 14.3 Å². The zero-order chi connectivity index (χ0) is 22.2. The average Bonchev–Trinajstić information content (AvgIpc) is 2.75. The summed E-state index contributed by atoms with van der Waals surface area (Å²) in [4.78, 5) is 15.1. The first-order valence-corrected chi connectivity index (χ1v) is 11.3. The van der Waals surface area contributed by atoms with Gasteiger partial charge in [-0.3, -0.25) is 10.1 Å². The van der Waals surface area contributed by atoms with Gasteiger partial charge in [-0.25, -0.2) is 0 Å². The maximum Gasteiger partial charge on any atom is 0.257 e. The second-order valence-corrected chi connectivity index (χ2v) is 8.09. The molecule has 7 heteroatoms. The maximum atomic E-state index is 12.7. The van der Waals surface area contributed by atoms with E-state index < -0.39 is 0 Å². The highest BCUT2D eigenvalue weighted by atomic mass is 32.1. The molecule has 2 aromatic rings. The summed E-state index contributed by atoms with van der Waals surface area (Å²) >= 11 is 5.34. The Bertz CT molecular complexity index is 869. The highest BCUT2D eigenvalue weighted by molar-refractivity contribution is 7.80. The molecule has 1 amide bonds. The number of piperidine rings is 1.